The second-order valence-corrected chi connectivity index (χ2v) is 5.58. The van der Waals surface area contributed by atoms with Crippen molar-refractivity contribution in [1.82, 2.24) is 9.80 Å². The average Bonchev–Trinajstić information content (AvgIpc) is 2.89. The maximum Gasteiger partial charge on any atom is 0.0775 e. The highest BCUT2D eigenvalue weighted by atomic mass is 16.4. The molecule has 2 bridgehead atoms. The van der Waals surface area contributed by atoms with Gasteiger partial charge in [0.25, 0.3) is 0 Å². The van der Waals surface area contributed by atoms with E-state index in [2.05, 4.69) is 22.0 Å². The summed E-state index contributed by atoms with van der Waals surface area (Å²) in [7, 11) is 2.18. The highest BCUT2D eigenvalue weighted by Crippen LogP contribution is 2.45. The van der Waals surface area contributed by atoms with E-state index >= 15 is 0 Å². The molecule has 16 heavy (non-hydrogen) atoms. The van der Waals surface area contributed by atoms with Crippen LogP contribution in [0.15, 0.2) is 5.16 Å². The van der Waals surface area contributed by atoms with Gasteiger partial charge in [0.1, 0.15) is 0 Å². The Morgan fingerprint density at radius 1 is 1.19 bits per heavy atom. The fourth-order valence-corrected chi connectivity index (χ4v) is 3.78. The predicted molar refractivity (Wildman–Crippen MR) is 62.9 cm³/mol. The van der Waals surface area contributed by atoms with Crippen molar-refractivity contribution < 1.29 is 5.21 Å². The Morgan fingerprint density at radius 2 is 1.94 bits per heavy atom. The van der Waals surface area contributed by atoms with Crippen LogP contribution in [0, 0.1) is 11.8 Å². The van der Waals surface area contributed by atoms with Crippen molar-refractivity contribution in [2.24, 2.45) is 17.0 Å². The summed E-state index contributed by atoms with van der Waals surface area (Å²) in [5.41, 5.74) is 1.08. The number of hydrogen-bond acceptors (Lipinski definition) is 4. The maximum absolute atomic E-state index is 9.19. The van der Waals surface area contributed by atoms with Crippen LogP contribution in [0.1, 0.15) is 19.3 Å². The molecular weight excluding hydrogens is 202 g/mol. The Balaban J connectivity index is 1.74. The summed E-state index contributed by atoms with van der Waals surface area (Å²) in [4.78, 5) is 4.92. The van der Waals surface area contributed by atoms with E-state index in [0.29, 0.717) is 12.0 Å². The Hall–Kier alpha value is -0.610. The van der Waals surface area contributed by atoms with Gasteiger partial charge < -0.3 is 10.1 Å². The van der Waals surface area contributed by atoms with Crippen LogP contribution in [0.3, 0.4) is 0 Å². The fourth-order valence-electron chi connectivity index (χ4n) is 3.78. The third-order valence-corrected chi connectivity index (χ3v) is 4.69. The lowest BCUT2D eigenvalue weighted by Gasteiger charge is -2.39. The standard InChI is InChI=1S/C12H21N3O/c1-14-4-6-15(7-5-14)12-10-3-2-9(8-10)11(12)13-16/h9-10,12,16H,2-8H2,1H3/b13-11+/t9-,10-,12-/m0/s1. The molecule has 2 aliphatic carbocycles. The van der Waals surface area contributed by atoms with Crippen molar-refractivity contribution >= 4 is 5.71 Å². The van der Waals surface area contributed by atoms with Gasteiger partial charge in [0.05, 0.1) is 11.8 Å². The van der Waals surface area contributed by atoms with Crippen molar-refractivity contribution in [3.63, 3.8) is 0 Å². The summed E-state index contributed by atoms with van der Waals surface area (Å²) in [6, 6.07) is 0.456. The predicted octanol–water partition coefficient (Wildman–Crippen LogP) is 0.862. The van der Waals surface area contributed by atoms with Crippen molar-refractivity contribution in [3.05, 3.63) is 0 Å². The number of likely N-dealkylation sites (N-methyl/N-ethyl adjacent to an activating group) is 1. The summed E-state index contributed by atoms with van der Waals surface area (Å²) in [5, 5.41) is 12.8. The highest BCUT2D eigenvalue weighted by Gasteiger charge is 2.48. The molecule has 3 atom stereocenters. The van der Waals surface area contributed by atoms with Crippen LogP contribution < -0.4 is 0 Å². The van der Waals surface area contributed by atoms with Crippen molar-refractivity contribution in [3.8, 4) is 0 Å². The fraction of sp³-hybridized carbons (Fsp3) is 0.917. The molecule has 3 rings (SSSR count). The summed E-state index contributed by atoms with van der Waals surface area (Å²) in [6.45, 7) is 4.55. The number of oxime groups is 1. The molecule has 0 radical (unpaired) electrons. The molecule has 0 unspecified atom stereocenters. The van der Waals surface area contributed by atoms with Crippen molar-refractivity contribution in [2.75, 3.05) is 33.2 Å². The van der Waals surface area contributed by atoms with Gasteiger partial charge >= 0.3 is 0 Å². The lowest BCUT2D eigenvalue weighted by Crippen LogP contribution is -2.53. The SMILES string of the molecule is CN1CCN([C@@H]2/C(=N/O)[C@H]3CC[C@H]2C3)CC1. The average molecular weight is 223 g/mol. The molecule has 0 aromatic carbocycles. The molecule has 0 spiro atoms. The lowest BCUT2D eigenvalue weighted by molar-refractivity contribution is 0.114. The van der Waals surface area contributed by atoms with Crippen LogP contribution in [0.4, 0.5) is 0 Å². The summed E-state index contributed by atoms with van der Waals surface area (Å²) in [5.74, 6) is 1.35. The lowest BCUT2D eigenvalue weighted by atomic mass is 9.91. The number of hydrogen-bond donors (Lipinski definition) is 1. The van der Waals surface area contributed by atoms with E-state index < -0.39 is 0 Å². The van der Waals surface area contributed by atoms with E-state index in [1.54, 1.807) is 0 Å². The highest BCUT2D eigenvalue weighted by molar-refractivity contribution is 5.94. The molecule has 0 aromatic heterocycles. The minimum absolute atomic E-state index is 0.456. The second-order valence-electron chi connectivity index (χ2n) is 5.58. The van der Waals surface area contributed by atoms with Gasteiger partial charge in [0.15, 0.2) is 0 Å². The molecule has 3 fully saturated rings. The smallest absolute Gasteiger partial charge is 0.0775 e. The van der Waals surface area contributed by atoms with Gasteiger partial charge in [-0.3, -0.25) is 4.90 Å². The summed E-state index contributed by atoms with van der Waals surface area (Å²) in [6.07, 6.45) is 3.84. The second kappa shape index (κ2) is 4.00. The maximum atomic E-state index is 9.19. The van der Waals surface area contributed by atoms with Crippen LogP contribution in [0.5, 0.6) is 0 Å². The summed E-state index contributed by atoms with van der Waals surface area (Å²) >= 11 is 0. The zero-order valence-electron chi connectivity index (χ0n) is 9.97. The molecule has 1 aliphatic heterocycles. The van der Waals surface area contributed by atoms with E-state index in [1.165, 1.54) is 19.3 Å². The number of fused-ring (bicyclic) bond motifs is 2. The molecule has 90 valence electrons. The quantitative estimate of drug-likeness (QED) is 0.529. The molecule has 3 aliphatic rings. The van der Waals surface area contributed by atoms with Crippen LogP contribution >= 0.6 is 0 Å². The third kappa shape index (κ3) is 1.55. The molecule has 1 heterocycles. The normalized spacial score (nSPS) is 43.3. The molecule has 1 saturated heterocycles. The van der Waals surface area contributed by atoms with E-state index in [4.69, 9.17) is 0 Å². The zero-order valence-corrected chi connectivity index (χ0v) is 9.97. The molecule has 0 aromatic rings. The van der Waals surface area contributed by atoms with Gasteiger partial charge in [-0.05, 0) is 32.2 Å². The molecule has 4 heteroatoms. The van der Waals surface area contributed by atoms with E-state index in [-0.39, 0.29) is 0 Å². The number of rotatable bonds is 1. The topological polar surface area (TPSA) is 39.1 Å². The van der Waals surface area contributed by atoms with Crippen molar-refractivity contribution in [2.45, 2.75) is 25.3 Å². The largest absolute Gasteiger partial charge is 0.411 e. The van der Waals surface area contributed by atoms with Crippen LogP contribution in [-0.4, -0.2) is 60.0 Å². The summed E-state index contributed by atoms with van der Waals surface area (Å²) < 4.78 is 0. The minimum atomic E-state index is 0.456. The minimum Gasteiger partial charge on any atom is -0.411 e. The van der Waals surface area contributed by atoms with Gasteiger partial charge in [0, 0.05) is 32.1 Å². The molecule has 1 N–H and O–H groups in total. The van der Waals surface area contributed by atoms with Crippen LogP contribution in [-0.2, 0) is 0 Å². The Kier molecular flexibility index (Phi) is 2.64. The monoisotopic (exact) mass is 223 g/mol. The Morgan fingerprint density at radius 3 is 2.62 bits per heavy atom. The number of piperazine rings is 1. The Bertz CT molecular complexity index is 297. The van der Waals surface area contributed by atoms with Gasteiger partial charge in [-0.2, -0.15) is 0 Å². The molecular formula is C12H21N3O. The van der Waals surface area contributed by atoms with E-state index in [1.807, 2.05) is 0 Å². The molecule has 0 amide bonds. The first-order chi connectivity index (χ1) is 7.79. The zero-order chi connectivity index (χ0) is 11.1. The Labute approximate surface area is 96.9 Å². The first kappa shape index (κ1) is 10.5. The molecule has 2 saturated carbocycles. The number of nitrogens with zero attached hydrogens (tertiary/aromatic N) is 3. The van der Waals surface area contributed by atoms with E-state index in [9.17, 15) is 5.21 Å². The molecule has 4 nitrogen and oxygen atoms in total. The van der Waals surface area contributed by atoms with Gasteiger partial charge in [-0.15, -0.1) is 0 Å². The van der Waals surface area contributed by atoms with Crippen LogP contribution in [0.2, 0.25) is 0 Å². The third-order valence-electron chi connectivity index (χ3n) is 4.69. The van der Waals surface area contributed by atoms with Crippen molar-refractivity contribution in [1.29, 1.82) is 0 Å². The van der Waals surface area contributed by atoms with Gasteiger partial charge in [0.2, 0.25) is 0 Å². The van der Waals surface area contributed by atoms with Gasteiger partial charge in [-0.25, -0.2) is 0 Å². The van der Waals surface area contributed by atoms with Gasteiger partial charge in [-0.1, -0.05) is 5.16 Å². The van der Waals surface area contributed by atoms with Crippen LogP contribution in [0.25, 0.3) is 0 Å². The first-order valence-electron chi connectivity index (χ1n) is 6.44. The first-order valence-corrected chi connectivity index (χ1v) is 6.44. The van der Waals surface area contributed by atoms with E-state index in [0.717, 1.165) is 37.8 Å².